The van der Waals surface area contributed by atoms with Crippen LogP contribution in [0.5, 0.6) is 0 Å². The summed E-state index contributed by atoms with van der Waals surface area (Å²) in [6.45, 7) is 3.96. The molecule has 0 aliphatic heterocycles. The van der Waals surface area contributed by atoms with Crippen molar-refractivity contribution in [2.24, 2.45) is 0 Å². The van der Waals surface area contributed by atoms with Gasteiger partial charge in [0.15, 0.2) is 5.13 Å². The van der Waals surface area contributed by atoms with Gasteiger partial charge in [0.05, 0.1) is 17.8 Å². The minimum atomic E-state index is -0.0986. The van der Waals surface area contributed by atoms with Gasteiger partial charge in [-0.25, -0.2) is 9.67 Å². The van der Waals surface area contributed by atoms with Crippen LogP contribution in [-0.2, 0) is 0 Å². The Bertz CT molecular complexity index is 903. The van der Waals surface area contributed by atoms with Gasteiger partial charge in [-0.15, -0.1) is 11.3 Å². The summed E-state index contributed by atoms with van der Waals surface area (Å²) in [5.74, 6) is 0.680. The number of carbonyl (C=O) groups is 1. The third-order valence-corrected chi connectivity index (χ3v) is 5.88. The molecule has 0 aromatic carbocycles. The van der Waals surface area contributed by atoms with Crippen LogP contribution < -0.4 is 5.32 Å². The summed E-state index contributed by atoms with van der Waals surface area (Å²) in [5.41, 5.74) is 2.58. The highest BCUT2D eigenvalue weighted by Gasteiger charge is 2.22. The van der Waals surface area contributed by atoms with E-state index in [1.54, 1.807) is 23.7 Å². The number of hydrogen-bond donors (Lipinski definition) is 1. The van der Waals surface area contributed by atoms with Crippen LogP contribution in [0.3, 0.4) is 0 Å². The number of carbonyl (C=O) groups excluding carboxylic acids is 1. The number of thiazole rings is 1. The van der Waals surface area contributed by atoms with Crippen LogP contribution in [0.4, 0.5) is 5.82 Å². The largest absolute Gasteiger partial charge is 0.307 e. The lowest BCUT2D eigenvalue weighted by atomic mass is 9.96. The fourth-order valence-electron chi connectivity index (χ4n) is 3.83. The molecule has 4 rings (SSSR count). The molecule has 3 heterocycles. The van der Waals surface area contributed by atoms with E-state index in [9.17, 15) is 4.79 Å². The molecule has 1 amide bonds. The second kappa shape index (κ2) is 7.07. The van der Waals surface area contributed by atoms with E-state index in [0.29, 0.717) is 11.6 Å². The Kier molecular flexibility index (Phi) is 4.63. The maximum Gasteiger partial charge on any atom is 0.258 e. The number of nitrogens with zero attached hydrogens (tertiary/aromatic N) is 4. The molecule has 0 spiro atoms. The number of rotatable bonds is 4. The fraction of sp³-hybridized carbons (Fsp3) is 0.421. The summed E-state index contributed by atoms with van der Waals surface area (Å²) in [4.78, 5) is 17.3. The molecule has 0 bridgehead atoms. The Hall–Kier alpha value is -2.41. The van der Waals surface area contributed by atoms with Gasteiger partial charge in [0.1, 0.15) is 5.82 Å². The summed E-state index contributed by atoms with van der Waals surface area (Å²) >= 11 is 1.56. The van der Waals surface area contributed by atoms with Gasteiger partial charge in [0, 0.05) is 29.0 Å². The first-order chi connectivity index (χ1) is 12.6. The Morgan fingerprint density at radius 1 is 1.23 bits per heavy atom. The van der Waals surface area contributed by atoms with Gasteiger partial charge in [-0.1, -0.05) is 19.3 Å². The maximum atomic E-state index is 12.9. The zero-order chi connectivity index (χ0) is 18.1. The van der Waals surface area contributed by atoms with E-state index < -0.39 is 0 Å². The minimum Gasteiger partial charge on any atom is -0.307 e. The fourth-order valence-corrected chi connectivity index (χ4v) is 4.58. The normalized spacial score (nSPS) is 15.3. The Labute approximate surface area is 156 Å². The van der Waals surface area contributed by atoms with Crippen LogP contribution in [0, 0.1) is 13.8 Å². The predicted octanol–water partition coefficient (Wildman–Crippen LogP) is 4.50. The van der Waals surface area contributed by atoms with Crippen LogP contribution >= 0.6 is 11.3 Å². The Morgan fingerprint density at radius 2 is 2.04 bits per heavy atom. The molecule has 0 atom stereocenters. The standard InChI is InChI=1S/C19H23N5OS/c1-13-12-16(14(2)23(13)19-20-10-11-26-19)18(25)22-17-8-9-21-24(17)15-6-4-3-5-7-15/h8-12,15H,3-7H2,1-2H3,(H,22,25). The summed E-state index contributed by atoms with van der Waals surface area (Å²) in [6, 6.07) is 4.19. The zero-order valence-corrected chi connectivity index (χ0v) is 15.9. The van der Waals surface area contributed by atoms with Gasteiger partial charge >= 0.3 is 0 Å². The summed E-state index contributed by atoms with van der Waals surface area (Å²) in [6.07, 6.45) is 9.55. The number of anilines is 1. The molecule has 3 aromatic rings. The zero-order valence-electron chi connectivity index (χ0n) is 15.1. The second-order valence-corrected chi connectivity index (χ2v) is 7.71. The van der Waals surface area contributed by atoms with E-state index >= 15 is 0 Å². The van der Waals surface area contributed by atoms with Crippen LogP contribution in [0.2, 0.25) is 0 Å². The molecule has 0 saturated heterocycles. The van der Waals surface area contributed by atoms with Crippen molar-refractivity contribution >= 4 is 23.1 Å². The Morgan fingerprint density at radius 3 is 2.77 bits per heavy atom. The van der Waals surface area contributed by atoms with Crippen molar-refractivity contribution in [2.45, 2.75) is 52.0 Å². The molecule has 136 valence electrons. The van der Waals surface area contributed by atoms with Crippen LogP contribution in [0.15, 0.2) is 29.9 Å². The summed E-state index contributed by atoms with van der Waals surface area (Å²) in [5, 5.41) is 10.3. The molecule has 1 fully saturated rings. The SMILES string of the molecule is Cc1cc(C(=O)Nc2ccnn2C2CCCCC2)c(C)n1-c1nccs1. The predicted molar refractivity (Wildman–Crippen MR) is 103 cm³/mol. The van der Waals surface area contributed by atoms with E-state index in [-0.39, 0.29) is 5.91 Å². The third-order valence-electron chi connectivity index (χ3n) is 5.12. The molecule has 26 heavy (non-hydrogen) atoms. The van der Waals surface area contributed by atoms with E-state index in [4.69, 9.17) is 0 Å². The second-order valence-electron chi connectivity index (χ2n) is 6.84. The third kappa shape index (κ3) is 3.07. The smallest absolute Gasteiger partial charge is 0.258 e. The minimum absolute atomic E-state index is 0.0986. The molecule has 3 aromatic heterocycles. The number of hydrogen-bond acceptors (Lipinski definition) is 4. The molecule has 1 aliphatic carbocycles. The summed E-state index contributed by atoms with van der Waals surface area (Å²) < 4.78 is 4.01. The van der Waals surface area contributed by atoms with Gasteiger partial charge in [0.2, 0.25) is 0 Å². The van der Waals surface area contributed by atoms with Gasteiger partial charge in [0.25, 0.3) is 5.91 Å². The van der Waals surface area contributed by atoms with Gasteiger partial charge in [-0.3, -0.25) is 9.36 Å². The molecule has 7 heteroatoms. The molecule has 1 N–H and O–H groups in total. The van der Waals surface area contributed by atoms with Gasteiger partial charge in [-0.2, -0.15) is 5.10 Å². The van der Waals surface area contributed by atoms with Crippen LogP contribution in [-0.4, -0.2) is 25.2 Å². The Balaban J connectivity index is 1.58. The van der Waals surface area contributed by atoms with Crippen molar-refractivity contribution in [1.29, 1.82) is 0 Å². The number of amides is 1. The molecular formula is C19H23N5OS. The molecule has 1 aliphatic rings. The number of aromatic nitrogens is 4. The number of aryl methyl sites for hydroxylation is 1. The first-order valence-corrected chi connectivity index (χ1v) is 9.97. The van der Waals surface area contributed by atoms with Crippen LogP contribution in [0.25, 0.3) is 5.13 Å². The summed E-state index contributed by atoms with van der Waals surface area (Å²) in [7, 11) is 0. The van der Waals surface area contributed by atoms with E-state index in [0.717, 1.165) is 35.2 Å². The lowest BCUT2D eigenvalue weighted by molar-refractivity contribution is 0.102. The quantitative estimate of drug-likeness (QED) is 0.736. The van der Waals surface area contributed by atoms with Crippen molar-refractivity contribution in [2.75, 3.05) is 5.32 Å². The average Bonchev–Trinajstić information content (AvgIpc) is 3.37. The van der Waals surface area contributed by atoms with Crippen LogP contribution in [0.1, 0.15) is 59.9 Å². The molecule has 1 saturated carbocycles. The van der Waals surface area contributed by atoms with Crippen molar-refractivity contribution < 1.29 is 4.79 Å². The van der Waals surface area contributed by atoms with Crippen molar-refractivity contribution in [3.05, 3.63) is 46.9 Å². The van der Waals surface area contributed by atoms with Gasteiger partial charge < -0.3 is 5.32 Å². The van der Waals surface area contributed by atoms with E-state index in [1.807, 2.05) is 40.6 Å². The molecule has 0 radical (unpaired) electrons. The van der Waals surface area contributed by atoms with E-state index in [1.165, 1.54) is 19.3 Å². The highest BCUT2D eigenvalue weighted by atomic mass is 32.1. The highest BCUT2D eigenvalue weighted by molar-refractivity contribution is 7.12. The first kappa shape index (κ1) is 17.0. The lowest BCUT2D eigenvalue weighted by Gasteiger charge is -2.23. The average molecular weight is 369 g/mol. The van der Waals surface area contributed by atoms with Crippen molar-refractivity contribution in [3.63, 3.8) is 0 Å². The first-order valence-electron chi connectivity index (χ1n) is 9.09. The van der Waals surface area contributed by atoms with Crippen molar-refractivity contribution in [1.82, 2.24) is 19.3 Å². The highest BCUT2D eigenvalue weighted by Crippen LogP contribution is 2.30. The lowest BCUT2D eigenvalue weighted by Crippen LogP contribution is -2.20. The molecule has 0 unspecified atom stereocenters. The van der Waals surface area contributed by atoms with Gasteiger partial charge in [-0.05, 0) is 32.8 Å². The van der Waals surface area contributed by atoms with E-state index in [2.05, 4.69) is 15.4 Å². The monoisotopic (exact) mass is 369 g/mol. The van der Waals surface area contributed by atoms with Crippen molar-refractivity contribution in [3.8, 4) is 5.13 Å². The topological polar surface area (TPSA) is 64.7 Å². The molecule has 6 nitrogen and oxygen atoms in total. The maximum absolute atomic E-state index is 12.9. The number of nitrogens with one attached hydrogen (secondary N) is 1. The molecular weight excluding hydrogens is 346 g/mol.